The van der Waals surface area contributed by atoms with Crippen molar-refractivity contribution < 1.29 is 0 Å². The van der Waals surface area contributed by atoms with Gasteiger partial charge in [-0.2, -0.15) is 0 Å². The van der Waals surface area contributed by atoms with Crippen LogP contribution in [0.2, 0.25) is 0 Å². The van der Waals surface area contributed by atoms with E-state index in [0.29, 0.717) is 0 Å². The number of rotatable bonds is 6. The Morgan fingerprint density at radius 1 is 0.318 bits per heavy atom. The van der Waals surface area contributed by atoms with E-state index < -0.39 is 5.41 Å². The van der Waals surface area contributed by atoms with Crippen molar-refractivity contribution in [1.29, 1.82) is 0 Å². The Kier molecular flexibility index (Phi) is 8.61. The first-order valence-electron chi connectivity index (χ1n) is 23.3. The number of para-hydroxylation sites is 3. The van der Waals surface area contributed by atoms with Gasteiger partial charge in [0, 0.05) is 17.0 Å². The van der Waals surface area contributed by atoms with E-state index in [9.17, 15) is 0 Å². The van der Waals surface area contributed by atoms with Gasteiger partial charge >= 0.3 is 0 Å². The van der Waals surface area contributed by atoms with Gasteiger partial charge in [0.05, 0.1) is 16.8 Å². The molecule has 3 aliphatic rings. The van der Waals surface area contributed by atoms with E-state index in [1.807, 2.05) is 0 Å². The Labute approximate surface area is 388 Å². The lowest BCUT2D eigenvalue weighted by atomic mass is 9.64. The molecule has 1 nitrogen and oxygen atoms in total. The van der Waals surface area contributed by atoms with Crippen molar-refractivity contribution in [2.45, 2.75) is 30.6 Å². The summed E-state index contributed by atoms with van der Waals surface area (Å²) in [6.07, 6.45) is 0. The summed E-state index contributed by atoms with van der Waals surface area (Å²) < 4.78 is 0. The normalized spacial score (nSPS) is 14.7. The fourth-order valence-corrected chi connectivity index (χ4v) is 12.1. The van der Waals surface area contributed by atoms with E-state index in [4.69, 9.17) is 0 Å². The molecule has 1 heteroatoms. The molecule has 0 radical (unpaired) electrons. The lowest BCUT2D eigenvalue weighted by molar-refractivity contribution is 0.659. The van der Waals surface area contributed by atoms with Crippen molar-refractivity contribution in [3.8, 4) is 44.5 Å². The van der Waals surface area contributed by atoms with Gasteiger partial charge in [0.15, 0.2) is 0 Å². The van der Waals surface area contributed by atoms with Crippen LogP contribution in [-0.4, -0.2) is 0 Å². The van der Waals surface area contributed by atoms with Crippen LogP contribution < -0.4 is 4.90 Å². The highest BCUT2D eigenvalue weighted by molar-refractivity contribution is 5.97. The average molecular weight is 842 g/mol. The van der Waals surface area contributed by atoms with E-state index >= 15 is 0 Å². The molecule has 2 aliphatic carbocycles. The number of anilines is 3. The molecule has 13 rings (SSSR count). The third kappa shape index (κ3) is 5.53. The maximum Gasteiger partial charge on any atom is 0.0754 e. The molecule has 0 fully saturated rings. The maximum atomic E-state index is 2.54. The van der Waals surface area contributed by atoms with Crippen LogP contribution in [0.15, 0.2) is 243 Å². The maximum absolute atomic E-state index is 2.54. The third-order valence-electron chi connectivity index (χ3n) is 15.0. The van der Waals surface area contributed by atoms with E-state index in [2.05, 4.69) is 261 Å². The second-order valence-electron chi connectivity index (χ2n) is 18.7. The zero-order valence-electron chi connectivity index (χ0n) is 37.1. The van der Waals surface area contributed by atoms with Crippen molar-refractivity contribution in [2.75, 3.05) is 4.90 Å². The monoisotopic (exact) mass is 841 g/mol. The van der Waals surface area contributed by atoms with Crippen LogP contribution in [0.3, 0.4) is 0 Å². The Morgan fingerprint density at radius 2 is 0.833 bits per heavy atom. The highest BCUT2D eigenvalue weighted by Crippen LogP contribution is 2.64. The van der Waals surface area contributed by atoms with Crippen LogP contribution in [-0.2, 0) is 10.8 Å². The minimum absolute atomic E-state index is 0.0374. The largest absolute Gasteiger partial charge is 0.310 e. The van der Waals surface area contributed by atoms with E-state index in [1.165, 1.54) is 106 Å². The average Bonchev–Trinajstić information content (AvgIpc) is 3.79. The van der Waals surface area contributed by atoms with Crippen LogP contribution >= 0.6 is 0 Å². The predicted molar refractivity (Wildman–Crippen MR) is 274 cm³/mol. The van der Waals surface area contributed by atoms with Crippen molar-refractivity contribution in [3.05, 3.63) is 293 Å². The molecule has 10 aromatic rings. The molecule has 0 saturated carbocycles. The molecule has 0 amide bonds. The van der Waals surface area contributed by atoms with Crippen molar-refractivity contribution in [1.82, 2.24) is 0 Å². The fraction of sp³-hybridized carbons (Fsp3) is 0.0769. The molecular formula is C65H47N. The minimum atomic E-state index is -0.542. The Bertz CT molecular complexity index is 3480. The summed E-state index contributed by atoms with van der Waals surface area (Å²) in [4.78, 5) is 2.46. The van der Waals surface area contributed by atoms with Gasteiger partial charge in [-0.1, -0.05) is 226 Å². The fourth-order valence-electron chi connectivity index (χ4n) is 12.1. The molecular weight excluding hydrogens is 795 g/mol. The molecule has 0 bridgehead atoms. The predicted octanol–water partition coefficient (Wildman–Crippen LogP) is 16.7. The molecule has 1 heterocycles. The molecule has 0 saturated heterocycles. The second-order valence-corrected chi connectivity index (χ2v) is 18.7. The van der Waals surface area contributed by atoms with Crippen LogP contribution in [0.1, 0.15) is 69.8 Å². The van der Waals surface area contributed by atoms with E-state index in [-0.39, 0.29) is 11.3 Å². The molecule has 1 atom stereocenters. The molecule has 66 heavy (non-hydrogen) atoms. The van der Waals surface area contributed by atoms with Crippen LogP contribution in [0.5, 0.6) is 0 Å². The second kappa shape index (κ2) is 14.8. The first-order valence-corrected chi connectivity index (χ1v) is 23.3. The topological polar surface area (TPSA) is 3.24 Å². The SMILES string of the molecule is CC1(C)c2ccccc2-c2ccc(C(c3cccc(-c4ccccc4)c3)c3ccccc3-c3ccc4c(c3)C3(c5ccccc5-4)c4ccccc4N(c4ccccc4)c4ccccc43)cc21. The lowest BCUT2D eigenvalue weighted by Gasteiger charge is -2.45. The van der Waals surface area contributed by atoms with Gasteiger partial charge in [-0.15, -0.1) is 0 Å². The van der Waals surface area contributed by atoms with E-state index in [1.54, 1.807) is 0 Å². The smallest absolute Gasteiger partial charge is 0.0754 e. The van der Waals surface area contributed by atoms with Crippen molar-refractivity contribution >= 4 is 17.1 Å². The summed E-state index contributed by atoms with van der Waals surface area (Å²) in [6, 6.07) is 91.0. The van der Waals surface area contributed by atoms with Gasteiger partial charge < -0.3 is 4.90 Å². The van der Waals surface area contributed by atoms with E-state index in [0.717, 1.165) is 5.69 Å². The van der Waals surface area contributed by atoms with Gasteiger partial charge in [0.1, 0.15) is 0 Å². The summed E-state index contributed by atoms with van der Waals surface area (Å²) in [5.74, 6) is -0.0374. The van der Waals surface area contributed by atoms with Gasteiger partial charge in [0.2, 0.25) is 0 Å². The standard InChI is InChI=1S/C65H47N/c1-64(2)55-30-13-11-27-50(55)52-39-37-47(42-59(52)64)63(46-23-19-22-44(40-46)43-20-5-3-6-21-43)54-29-10-9-26-49(54)45-36-38-53-51-28-12-14-31-56(51)65(60(53)41-45)57-32-15-17-34-61(57)66(48-24-7-4-8-25-48)62-35-18-16-33-58(62)65/h3-42,63H,1-2H3. The summed E-state index contributed by atoms with van der Waals surface area (Å²) in [5, 5.41) is 0. The summed E-state index contributed by atoms with van der Waals surface area (Å²) >= 11 is 0. The highest BCUT2D eigenvalue weighted by atomic mass is 15.2. The molecule has 312 valence electrons. The first kappa shape index (κ1) is 38.5. The van der Waals surface area contributed by atoms with Gasteiger partial charge in [-0.3, -0.25) is 0 Å². The Morgan fingerprint density at radius 3 is 1.56 bits per heavy atom. The summed E-state index contributed by atoms with van der Waals surface area (Å²) in [5.41, 5.74) is 25.0. The number of hydrogen-bond acceptors (Lipinski definition) is 1. The van der Waals surface area contributed by atoms with Crippen LogP contribution in [0, 0.1) is 0 Å². The van der Waals surface area contributed by atoms with Gasteiger partial charge in [-0.05, 0) is 125 Å². The van der Waals surface area contributed by atoms with Crippen LogP contribution in [0.25, 0.3) is 44.5 Å². The highest BCUT2D eigenvalue weighted by Gasteiger charge is 2.51. The minimum Gasteiger partial charge on any atom is -0.310 e. The Balaban J connectivity index is 1.04. The Hall–Kier alpha value is -8.00. The number of hydrogen-bond donors (Lipinski definition) is 0. The molecule has 10 aromatic carbocycles. The molecule has 0 N–H and O–H groups in total. The first-order chi connectivity index (χ1) is 32.5. The van der Waals surface area contributed by atoms with Gasteiger partial charge in [-0.25, -0.2) is 0 Å². The molecule has 1 spiro atoms. The van der Waals surface area contributed by atoms with Crippen molar-refractivity contribution in [2.24, 2.45) is 0 Å². The molecule has 1 unspecified atom stereocenters. The quantitative estimate of drug-likeness (QED) is 0.151. The lowest BCUT2D eigenvalue weighted by Crippen LogP contribution is -2.36. The van der Waals surface area contributed by atoms with Gasteiger partial charge in [0.25, 0.3) is 0 Å². The number of nitrogens with zero attached hydrogens (tertiary/aromatic N) is 1. The summed E-state index contributed by atoms with van der Waals surface area (Å²) in [6.45, 7) is 4.78. The van der Waals surface area contributed by atoms with Crippen LogP contribution in [0.4, 0.5) is 17.1 Å². The van der Waals surface area contributed by atoms with Crippen molar-refractivity contribution in [3.63, 3.8) is 0 Å². The summed E-state index contributed by atoms with van der Waals surface area (Å²) in [7, 11) is 0. The molecule has 0 aromatic heterocycles. The number of benzene rings is 10. The zero-order valence-corrected chi connectivity index (χ0v) is 37.1. The third-order valence-corrected chi connectivity index (χ3v) is 15.0. The zero-order chi connectivity index (χ0) is 44.0. The number of fused-ring (bicyclic) bond motifs is 12. The molecule has 1 aliphatic heterocycles.